The van der Waals surface area contributed by atoms with Gasteiger partial charge in [-0.05, 0) is 25.1 Å². The van der Waals surface area contributed by atoms with Gasteiger partial charge in [-0.1, -0.05) is 41.7 Å². The van der Waals surface area contributed by atoms with Gasteiger partial charge in [0.2, 0.25) is 11.0 Å². The summed E-state index contributed by atoms with van der Waals surface area (Å²) < 4.78 is 8.45. The zero-order valence-corrected chi connectivity index (χ0v) is 17.5. The van der Waals surface area contributed by atoms with Crippen molar-refractivity contribution >= 4 is 45.0 Å². The molecule has 1 amide bonds. The zero-order valence-electron chi connectivity index (χ0n) is 15.9. The van der Waals surface area contributed by atoms with Crippen LogP contribution < -0.4 is 10.1 Å². The number of fused-ring (bicyclic) bond motifs is 2. The van der Waals surface area contributed by atoms with Crippen molar-refractivity contribution in [2.45, 2.75) is 12.2 Å². The van der Waals surface area contributed by atoms with E-state index in [0.717, 1.165) is 37.9 Å². The highest BCUT2D eigenvalue weighted by Crippen LogP contribution is 2.46. The molecule has 6 nitrogen and oxygen atoms in total. The molecule has 5 rings (SSSR count). The molecule has 1 aliphatic rings. The molecule has 1 aliphatic heterocycles. The second-order valence-corrected chi connectivity index (χ2v) is 8.81. The number of aryl methyl sites for hydroxylation is 1. The number of nitrogens with zero attached hydrogens (tertiary/aromatic N) is 3. The van der Waals surface area contributed by atoms with E-state index in [1.165, 1.54) is 0 Å². The van der Waals surface area contributed by atoms with Gasteiger partial charge in [-0.2, -0.15) is 9.78 Å². The Bertz CT molecular complexity index is 1200. The molecule has 0 spiro atoms. The van der Waals surface area contributed by atoms with E-state index in [1.807, 2.05) is 55.5 Å². The van der Waals surface area contributed by atoms with Gasteiger partial charge in [-0.3, -0.25) is 4.79 Å². The van der Waals surface area contributed by atoms with Gasteiger partial charge in [-0.25, -0.2) is 4.98 Å². The first kappa shape index (κ1) is 18.2. The van der Waals surface area contributed by atoms with Crippen LogP contribution in [0.4, 0.5) is 5.82 Å². The fourth-order valence-electron chi connectivity index (χ4n) is 3.60. The maximum Gasteiger partial charge on any atom is 0.235 e. The molecule has 1 unspecified atom stereocenters. The monoisotopic (exact) mass is 422 g/mol. The molecule has 29 heavy (non-hydrogen) atoms. The van der Waals surface area contributed by atoms with Crippen molar-refractivity contribution in [2.24, 2.45) is 0 Å². The number of amides is 1. The second kappa shape index (κ2) is 7.20. The third-order valence-corrected chi connectivity index (χ3v) is 7.16. The highest BCUT2D eigenvalue weighted by molar-refractivity contribution is 8.00. The fraction of sp³-hybridized carbons (Fsp3) is 0.190. The van der Waals surface area contributed by atoms with Crippen molar-refractivity contribution in [2.75, 3.05) is 18.2 Å². The summed E-state index contributed by atoms with van der Waals surface area (Å²) in [5, 5.41) is 8.49. The van der Waals surface area contributed by atoms with E-state index in [0.29, 0.717) is 11.6 Å². The molecular formula is C21H18N4O2S2. The van der Waals surface area contributed by atoms with E-state index in [4.69, 9.17) is 14.8 Å². The highest BCUT2D eigenvalue weighted by Gasteiger charge is 2.32. The first-order valence-electron chi connectivity index (χ1n) is 9.15. The number of anilines is 1. The van der Waals surface area contributed by atoms with E-state index in [2.05, 4.69) is 5.32 Å². The second-order valence-electron chi connectivity index (χ2n) is 6.70. The summed E-state index contributed by atoms with van der Waals surface area (Å²) in [7, 11) is 1.67. The van der Waals surface area contributed by atoms with Crippen LogP contribution in [-0.2, 0) is 4.79 Å². The van der Waals surface area contributed by atoms with E-state index in [-0.39, 0.29) is 11.2 Å². The molecular weight excluding hydrogens is 404 g/mol. The standard InChI is InChI=1S/C21H18N4O2S2/c1-12-18-19(13-7-3-5-9-15(13)27-2)28-11-17(26)23-20(18)25(24-12)21-22-14-8-4-6-10-16(14)29-21/h3-10,19H,11H2,1-2H3,(H,23,26). The number of ether oxygens (including phenoxy) is 1. The van der Waals surface area contributed by atoms with Crippen LogP contribution in [0.15, 0.2) is 48.5 Å². The summed E-state index contributed by atoms with van der Waals surface area (Å²) in [6.45, 7) is 1.98. The minimum atomic E-state index is -0.0665. The number of benzene rings is 2. The largest absolute Gasteiger partial charge is 0.496 e. The Morgan fingerprint density at radius 2 is 1.97 bits per heavy atom. The van der Waals surface area contributed by atoms with E-state index >= 15 is 0 Å². The minimum absolute atomic E-state index is 0.0455. The van der Waals surface area contributed by atoms with Crippen molar-refractivity contribution < 1.29 is 9.53 Å². The molecule has 146 valence electrons. The van der Waals surface area contributed by atoms with Gasteiger partial charge < -0.3 is 10.1 Å². The predicted molar refractivity (Wildman–Crippen MR) is 117 cm³/mol. The molecule has 1 N–H and O–H groups in total. The zero-order chi connectivity index (χ0) is 20.0. The topological polar surface area (TPSA) is 69.0 Å². The third-order valence-electron chi connectivity index (χ3n) is 4.89. The van der Waals surface area contributed by atoms with Crippen LogP contribution in [0.25, 0.3) is 15.3 Å². The number of thioether (sulfide) groups is 1. The number of methoxy groups -OCH3 is 1. The molecule has 3 heterocycles. The van der Waals surface area contributed by atoms with Crippen LogP contribution in [-0.4, -0.2) is 33.5 Å². The predicted octanol–water partition coefficient (Wildman–Crippen LogP) is 4.57. The van der Waals surface area contributed by atoms with Gasteiger partial charge in [0, 0.05) is 11.1 Å². The molecule has 1 atom stereocenters. The average Bonchev–Trinajstić information content (AvgIpc) is 3.24. The summed E-state index contributed by atoms with van der Waals surface area (Å²) in [5.74, 6) is 1.80. The van der Waals surface area contributed by atoms with Crippen LogP contribution in [0.5, 0.6) is 5.75 Å². The SMILES string of the molecule is COc1ccccc1C1SCC(=O)Nc2c1c(C)nn2-c1nc2ccccc2s1. The molecule has 0 aliphatic carbocycles. The number of hydrogen-bond acceptors (Lipinski definition) is 6. The number of para-hydroxylation sites is 2. The van der Waals surface area contributed by atoms with Gasteiger partial charge in [0.1, 0.15) is 11.6 Å². The Morgan fingerprint density at radius 1 is 1.17 bits per heavy atom. The number of thiazole rings is 1. The lowest BCUT2D eigenvalue weighted by Gasteiger charge is -2.18. The van der Waals surface area contributed by atoms with Crippen molar-refractivity contribution in [1.82, 2.24) is 14.8 Å². The van der Waals surface area contributed by atoms with Crippen LogP contribution in [0.1, 0.15) is 22.1 Å². The van der Waals surface area contributed by atoms with Gasteiger partial charge in [-0.15, -0.1) is 11.8 Å². The highest BCUT2D eigenvalue weighted by atomic mass is 32.2. The van der Waals surface area contributed by atoms with Crippen molar-refractivity contribution in [3.63, 3.8) is 0 Å². The Hall–Kier alpha value is -2.84. The molecule has 4 aromatic rings. The minimum Gasteiger partial charge on any atom is -0.496 e. The lowest BCUT2D eigenvalue weighted by Crippen LogP contribution is -2.15. The van der Waals surface area contributed by atoms with Gasteiger partial charge in [0.25, 0.3) is 0 Å². The smallest absolute Gasteiger partial charge is 0.235 e. The first-order chi connectivity index (χ1) is 14.2. The van der Waals surface area contributed by atoms with Crippen molar-refractivity contribution in [3.05, 3.63) is 65.4 Å². The van der Waals surface area contributed by atoms with Crippen molar-refractivity contribution in [1.29, 1.82) is 0 Å². The molecule has 2 aromatic heterocycles. The number of rotatable bonds is 3. The molecule has 8 heteroatoms. The molecule has 0 radical (unpaired) electrons. The quantitative estimate of drug-likeness (QED) is 0.524. The number of hydrogen-bond donors (Lipinski definition) is 1. The first-order valence-corrected chi connectivity index (χ1v) is 11.0. The fourth-order valence-corrected chi connectivity index (χ4v) is 5.74. The molecule has 0 saturated heterocycles. The lowest BCUT2D eigenvalue weighted by molar-refractivity contribution is -0.113. The molecule has 0 fully saturated rings. The number of aromatic nitrogens is 3. The van der Waals surface area contributed by atoms with E-state index < -0.39 is 0 Å². The molecule has 0 saturated carbocycles. The number of nitrogens with one attached hydrogen (secondary N) is 1. The van der Waals surface area contributed by atoms with Gasteiger partial charge in [0.15, 0.2) is 0 Å². The van der Waals surface area contributed by atoms with Gasteiger partial charge in [0.05, 0.1) is 34.0 Å². The van der Waals surface area contributed by atoms with E-state index in [9.17, 15) is 4.79 Å². The Kier molecular flexibility index (Phi) is 4.52. The maximum atomic E-state index is 12.5. The number of carbonyl (C=O) groups is 1. The van der Waals surface area contributed by atoms with E-state index in [1.54, 1.807) is 34.9 Å². The molecule has 0 bridgehead atoms. The summed E-state index contributed by atoms with van der Waals surface area (Å²) in [6.07, 6.45) is 0. The average molecular weight is 423 g/mol. The summed E-state index contributed by atoms with van der Waals surface area (Å²) in [6, 6.07) is 15.9. The normalized spacial score (nSPS) is 16.3. The van der Waals surface area contributed by atoms with Crippen LogP contribution in [0.2, 0.25) is 0 Å². The third kappa shape index (κ3) is 3.08. The Morgan fingerprint density at radius 3 is 2.79 bits per heavy atom. The maximum absolute atomic E-state index is 12.5. The summed E-state index contributed by atoms with van der Waals surface area (Å²) in [5.41, 5.74) is 3.81. The molecule has 2 aromatic carbocycles. The lowest BCUT2D eigenvalue weighted by atomic mass is 10.0. The Labute approximate surface area is 175 Å². The van der Waals surface area contributed by atoms with Crippen LogP contribution in [0.3, 0.4) is 0 Å². The summed E-state index contributed by atoms with van der Waals surface area (Å²) >= 11 is 3.14. The summed E-state index contributed by atoms with van der Waals surface area (Å²) in [4.78, 5) is 17.2. The van der Waals surface area contributed by atoms with Crippen LogP contribution in [0, 0.1) is 6.92 Å². The van der Waals surface area contributed by atoms with Gasteiger partial charge >= 0.3 is 0 Å². The van der Waals surface area contributed by atoms with Crippen molar-refractivity contribution in [3.8, 4) is 10.9 Å². The number of carbonyl (C=O) groups excluding carboxylic acids is 1. The Balaban J connectivity index is 1.71. The van der Waals surface area contributed by atoms with Crippen LogP contribution >= 0.6 is 23.1 Å².